The molecular formula is C70H118NO8P. The Morgan fingerprint density at radius 2 is 0.688 bits per heavy atom. The quantitative estimate of drug-likeness (QED) is 0.0264. The highest BCUT2D eigenvalue weighted by molar-refractivity contribution is 7.47. The minimum Gasteiger partial charge on any atom is -0.462 e. The molecule has 0 aliphatic heterocycles. The largest absolute Gasteiger partial charge is 0.472 e. The molecule has 0 aliphatic carbocycles. The fourth-order valence-corrected chi connectivity index (χ4v) is 9.31. The van der Waals surface area contributed by atoms with Crippen molar-refractivity contribution in [2.75, 3.05) is 26.4 Å². The molecule has 0 aliphatic rings. The van der Waals surface area contributed by atoms with Crippen LogP contribution < -0.4 is 5.73 Å². The van der Waals surface area contributed by atoms with Crippen molar-refractivity contribution in [1.82, 2.24) is 0 Å². The Labute approximate surface area is 491 Å². The molecule has 3 N–H and O–H groups in total. The Morgan fingerprint density at radius 3 is 1.04 bits per heavy atom. The minimum absolute atomic E-state index is 0.0470. The summed E-state index contributed by atoms with van der Waals surface area (Å²) in [5.74, 6) is -0.840. The summed E-state index contributed by atoms with van der Waals surface area (Å²) in [5.41, 5.74) is 5.39. The van der Waals surface area contributed by atoms with Gasteiger partial charge >= 0.3 is 19.8 Å². The third kappa shape index (κ3) is 63.3. The van der Waals surface area contributed by atoms with Crippen molar-refractivity contribution in [3.63, 3.8) is 0 Å². The summed E-state index contributed by atoms with van der Waals surface area (Å²) >= 11 is 0. The molecule has 2 unspecified atom stereocenters. The second kappa shape index (κ2) is 64.3. The Bertz CT molecular complexity index is 1770. The average molecular weight is 1130 g/mol. The van der Waals surface area contributed by atoms with Crippen LogP contribution in [0, 0.1) is 0 Å². The third-order valence-electron chi connectivity index (χ3n) is 13.3. The third-order valence-corrected chi connectivity index (χ3v) is 14.3. The molecule has 0 aromatic heterocycles. The highest BCUT2D eigenvalue weighted by atomic mass is 31.2. The molecule has 456 valence electrons. The molecule has 2 atom stereocenters. The van der Waals surface area contributed by atoms with E-state index in [0.717, 1.165) is 122 Å². The molecule has 0 heterocycles. The first kappa shape index (κ1) is 76.1. The molecule has 0 aromatic rings. The van der Waals surface area contributed by atoms with E-state index in [1.54, 1.807) is 0 Å². The molecule has 0 aromatic carbocycles. The first-order valence-corrected chi connectivity index (χ1v) is 33.7. The van der Waals surface area contributed by atoms with E-state index < -0.39 is 26.5 Å². The normalized spacial score (nSPS) is 13.9. The number of esters is 2. The van der Waals surface area contributed by atoms with Crippen LogP contribution in [0.5, 0.6) is 0 Å². The number of hydrogen-bond donors (Lipinski definition) is 2. The lowest BCUT2D eigenvalue weighted by molar-refractivity contribution is -0.161. The lowest BCUT2D eigenvalue weighted by Crippen LogP contribution is -2.29. The van der Waals surface area contributed by atoms with Gasteiger partial charge in [0.1, 0.15) is 6.61 Å². The number of ether oxygens (including phenoxy) is 2. The van der Waals surface area contributed by atoms with Crippen molar-refractivity contribution >= 4 is 19.8 Å². The lowest BCUT2D eigenvalue weighted by atomic mass is 10.0. The smallest absolute Gasteiger partial charge is 0.462 e. The molecule has 0 amide bonds. The number of phosphoric ester groups is 1. The van der Waals surface area contributed by atoms with Gasteiger partial charge in [0.2, 0.25) is 0 Å². The highest BCUT2D eigenvalue weighted by Crippen LogP contribution is 2.43. The van der Waals surface area contributed by atoms with Crippen molar-refractivity contribution in [3.8, 4) is 0 Å². The van der Waals surface area contributed by atoms with Crippen molar-refractivity contribution in [2.24, 2.45) is 5.73 Å². The van der Waals surface area contributed by atoms with E-state index in [1.165, 1.54) is 109 Å². The summed E-state index contributed by atoms with van der Waals surface area (Å²) in [7, 11) is -4.40. The first-order chi connectivity index (χ1) is 39.3. The van der Waals surface area contributed by atoms with Crippen LogP contribution in [-0.4, -0.2) is 49.3 Å². The van der Waals surface area contributed by atoms with Gasteiger partial charge in [0.25, 0.3) is 0 Å². The number of carbonyl (C=O) groups is 2. The Kier molecular flexibility index (Phi) is 61.2. The van der Waals surface area contributed by atoms with Gasteiger partial charge in [0, 0.05) is 19.4 Å². The van der Waals surface area contributed by atoms with Crippen molar-refractivity contribution in [1.29, 1.82) is 0 Å². The highest BCUT2D eigenvalue weighted by Gasteiger charge is 2.26. The summed E-state index contributed by atoms with van der Waals surface area (Å²) in [5, 5.41) is 0. The van der Waals surface area contributed by atoms with Gasteiger partial charge in [-0.15, -0.1) is 0 Å². The van der Waals surface area contributed by atoms with Gasteiger partial charge in [-0.3, -0.25) is 18.6 Å². The lowest BCUT2D eigenvalue weighted by Gasteiger charge is -2.19. The number of hydrogen-bond acceptors (Lipinski definition) is 8. The fourth-order valence-electron chi connectivity index (χ4n) is 8.54. The zero-order valence-electron chi connectivity index (χ0n) is 51.0. The molecule has 9 nitrogen and oxygen atoms in total. The predicted molar refractivity (Wildman–Crippen MR) is 344 cm³/mol. The minimum atomic E-state index is -4.40. The molecule has 0 fully saturated rings. The summed E-state index contributed by atoms with van der Waals surface area (Å²) in [4.78, 5) is 35.2. The maximum atomic E-state index is 12.7. The summed E-state index contributed by atoms with van der Waals surface area (Å²) < 4.78 is 33.1. The number of nitrogens with two attached hydrogens (primary N) is 1. The van der Waals surface area contributed by atoms with Gasteiger partial charge in [0.05, 0.1) is 13.2 Å². The SMILES string of the molecule is CC/C=C\C/C=C\C/C=C\C/C=C\C/C=C\C/C=C\C/C=C\C/C=C\C/C=C\C/C=C\CCCCCCCCCCCCC(=O)OC(COC(=O)CCCCCCCCC/C=C\CCCCCCCCC)COP(=O)(O)OCCN. The van der Waals surface area contributed by atoms with Crippen LogP contribution >= 0.6 is 7.82 Å². The van der Waals surface area contributed by atoms with E-state index in [0.29, 0.717) is 6.42 Å². The molecule has 0 bridgehead atoms. The maximum Gasteiger partial charge on any atom is 0.472 e. The molecule has 0 radical (unpaired) electrons. The van der Waals surface area contributed by atoms with Crippen LogP contribution in [0.3, 0.4) is 0 Å². The monoisotopic (exact) mass is 1130 g/mol. The molecule has 10 heteroatoms. The van der Waals surface area contributed by atoms with E-state index in [4.69, 9.17) is 24.3 Å². The first-order valence-electron chi connectivity index (χ1n) is 32.2. The number of carbonyl (C=O) groups excluding carboxylic acids is 2. The van der Waals surface area contributed by atoms with Crippen LogP contribution in [0.25, 0.3) is 0 Å². The van der Waals surface area contributed by atoms with Crippen LogP contribution in [0.15, 0.2) is 134 Å². The number of phosphoric acid groups is 1. The molecule has 0 spiro atoms. The van der Waals surface area contributed by atoms with E-state index in [9.17, 15) is 19.0 Å². The second-order valence-corrected chi connectivity index (χ2v) is 22.3. The summed E-state index contributed by atoms with van der Waals surface area (Å²) in [6, 6.07) is 0. The van der Waals surface area contributed by atoms with Gasteiger partial charge in [-0.2, -0.15) is 0 Å². The van der Waals surface area contributed by atoms with E-state index in [-0.39, 0.29) is 38.6 Å². The van der Waals surface area contributed by atoms with Crippen LogP contribution in [0.4, 0.5) is 0 Å². The molecular weight excluding hydrogens is 1010 g/mol. The van der Waals surface area contributed by atoms with Gasteiger partial charge < -0.3 is 20.1 Å². The topological polar surface area (TPSA) is 134 Å². The fraction of sp³-hybridized carbons (Fsp3) is 0.657. The molecule has 0 saturated carbocycles. The zero-order chi connectivity index (χ0) is 58.0. The van der Waals surface area contributed by atoms with Gasteiger partial charge in [-0.05, 0) is 116 Å². The average Bonchev–Trinajstić information content (AvgIpc) is 3.45. The van der Waals surface area contributed by atoms with Crippen molar-refractivity contribution in [2.45, 2.75) is 270 Å². The van der Waals surface area contributed by atoms with Crippen LogP contribution in [0.1, 0.15) is 264 Å². The van der Waals surface area contributed by atoms with Gasteiger partial charge in [-0.1, -0.05) is 270 Å². The van der Waals surface area contributed by atoms with Crippen LogP contribution in [0.2, 0.25) is 0 Å². The summed E-state index contributed by atoms with van der Waals surface area (Å²) in [6.45, 7) is 3.62. The summed E-state index contributed by atoms with van der Waals surface area (Å²) in [6.07, 6.45) is 90.9. The van der Waals surface area contributed by atoms with E-state index in [1.807, 2.05) is 0 Å². The molecule has 0 saturated heterocycles. The standard InChI is InChI=1S/C70H118NO8P/c1-3-5-7-9-11-13-15-17-19-21-23-24-25-26-27-28-29-30-31-32-33-34-35-36-37-38-39-40-41-42-43-44-45-47-49-51-53-55-57-59-61-63-70(73)79-68(67-78-80(74,75)77-65-64-71)66-76-69(72)62-60-58-56-54-52-50-48-46-22-20-18-16-14-12-10-8-6-4-2/h5,7,11,13,17,19-20,22-24,26-27,29-30,32-33,35-36,38-39,41-42,68H,3-4,6,8-10,12,14-16,18,21,25,28,31,34,37,40,43-67,71H2,1-2H3,(H,74,75)/b7-5-,13-11-,19-17-,22-20-,24-23-,27-26-,30-29-,33-32-,36-35-,39-38-,42-41-. The zero-order valence-corrected chi connectivity index (χ0v) is 51.9. The molecule has 80 heavy (non-hydrogen) atoms. The van der Waals surface area contributed by atoms with E-state index >= 15 is 0 Å². The van der Waals surface area contributed by atoms with Crippen molar-refractivity contribution in [3.05, 3.63) is 134 Å². The number of unbranched alkanes of at least 4 members (excludes halogenated alkanes) is 24. The second-order valence-electron chi connectivity index (χ2n) is 20.9. The van der Waals surface area contributed by atoms with E-state index in [2.05, 4.69) is 148 Å². The molecule has 0 rings (SSSR count). The number of rotatable bonds is 59. The Balaban J connectivity index is 3.96. The van der Waals surface area contributed by atoms with Gasteiger partial charge in [-0.25, -0.2) is 4.57 Å². The predicted octanol–water partition coefficient (Wildman–Crippen LogP) is 20.9. The van der Waals surface area contributed by atoms with Crippen molar-refractivity contribution < 1.29 is 37.6 Å². The Hall–Kier alpha value is -3.85. The number of allylic oxidation sites excluding steroid dienone is 22. The maximum absolute atomic E-state index is 12.7. The van der Waals surface area contributed by atoms with Gasteiger partial charge in [0.15, 0.2) is 6.10 Å². The Morgan fingerprint density at radius 1 is 0.388 bits per heavy atom. The van der Waals surface area contributed by atoms with Crippen LogP contribution in [-0.2, 0) is 32.7 Å².